The van der Waals surface area contributed by atoms with E-state index in [0.29, 0.717) is 25.3 Å². The second-order valence-electron chi connectivity index (χ2n) is 7.90. The van der Waals surface area contributed by atoms with Crippen LogP contribution in [0, 0.1) is 11.7 Å². The minimum absolute atomic E-state index is 0.0860. The molecular weight excluding hydrogens is 387 g/mol. The van der Waals surface area contributed by atoms with E-state index in [-0.39, 0.29) is 23.7 Å². The first-order valence-corrected chi connectivity index (χ1v) is 11.0. The molecule has 7 heteroatoms. The molecule has 2 fully saturated rings. The SMILES string of the molecule is O=C1[C@@H](CCCc2cccc3ncsc23)CC2CN(c3ccncc3F)CCN12. The number of hydrogen-bond donors (Lipinski definition) is 0. The molecule has 4 heterocycles. The van der Waals surface area contributed by atoms with E-state index in [9.17, 15) is 9.18 Å². The van der Waals surface area contributed by atoms with Gasteiger partial charge in [-0.2, -0.15) is 0 Å². The Bertz CT molecular complexity index is 1040. The van der Waals surface area contributed by atoms with Crippen LogP contribution in [0.2, 0.25) is 0 Å². The van der Waals surface area contributed by atoms with Gasteiger partial charge in [0.15, 0.2) is 5.82 Å². The van der Waals surface area contributed by atoms with Crippen LogP contribution in [0.15, 0.2) is 42.2 Å². The zero-order valence-electron chi connectivity index (χ0n) is 16.1. The summed E-state index contributed by atoms with van der Waals surface area (Å²) in [6.07, 6.45) is 6.63. The average Bonchev–Trinajstić information content (AvgIpc) is 3.33. The quantitative estimate of drug-likeness (QED) is 0.640. The molecule has 0 N–H and O–H groups in total. The predicted octanol–water partition coefficient (Wildman–Crippen LogP) is 3.89. The molecule has 5 rings (SSSR count). The Morgan fingerprint density at radius 1 is 1.24 bits per heavy atom. The van der Waals surface area contributed by atoms with Crippen molar-refractivity contribution in [2.24, 2.45) is 5.92 Å². The molecule has 3 aromatic rings. The van der Waals surface area contributed by atoms with Crippen molar-refractivity contribution in [3.63, 3.8) is 0 Å². The number of carbonyl (C=O) groups is 1. The molecule has 0 saturated carbocycles. The number of carbonyl (C=O) groups excluding carboxylic acids is 1. The van der Waals surface area contributed by atoms with Crippen molar-refractivity contribution in [2.75, 3.05) is 24.5 Å². The monoisotopic (exact) mass is 410 g/mol. The number of rotatable bonds is 5. The summed E-state index contributed by atoms with van der Waals surface area (Å²) in [4.78, 5) is 25.2. The first-order valence-electron chi connectivity index (χ1n) is 10.2. The second kappa shape index (κ2) is 7.71. The summed E-state index contributed by atoms with van der Waals surface area (Å²) in [7, 11) is 0. The highest BCUT2D eigenvalue weighted by atomic mass is 32.1. The van der Waals surface area contributed by atoms with Crippen molar-refractivity contribution in [2.45, 2.75) is 31.7 Å². The molecule has 2 atom stereocenters. The van der Waals surface area contributed by atoms with Gasteiger partial charge in [0.2, 0.25) is 5.91 Å². The zero-order chi connectivity index (χ0) is 19.8. The molecule has 0 bridgehead atoms. The molecule has 0 aliphatic carbocycles. The number of amides is 1. The fraction of sp³-hybridized carbons (Fsp3) is 0.409. The van der Waals surface area contributed by atoms with Crippen LogP contribution in [0.4, 0.5) is 10.1 Å². The third-order valence-corrected chi connectivity index (χ3v) is 7.12. The van der Waals surface area contributed by atoms with Crippen molar-refractivity contribution >= 4 is 33.1 Å². The van der Waals surface area contributed by atoms with Gasteiger partial charge in [0.1, 0.15) is 0 Å². The van der Waals surface area contributed by atoms with Gasteiger partial charge in [-0.05, 0) is 43.4 Å². The third kappa shape index (κ3) is 3.48. The van der Waals surface area contributed by atoms with E-state index in [0.717, 1.165) is 31.2 Å². The molecular formula is C22H23FN4OS. The highest BCUT2D eigenvalue weighted by Crippen LogP contribution is 2.33. The van der Waals surface area contributed by atoms with Gasteiger partial charge in [-0.25, -0.2) is 9.37 Å². The Kier molecular flexibility index (Phi) is 4.91. The lowest BCUT2D eigenvalue weighted by molar-refractivity contribution is -0.132. The number of thiazole rings is 1. The van der Waals surface area contributed by atoms with Crippen LogP contribution < -0.4 is 4.90 Å². The molecule has 2 aromatic heterocycles. The molecule has 0 radical (unpaired) electrons. The molecule has 29 heavy (non-hydrogen) atoms. The topological polar surface area (TPSA) is 49.3 Å². The van der Waals surface area contributed by atoms with Crippen LogP contribution in [0.1, 0.15) is 24.8 Å². The van der Waals surface area contributed by atoms with Crippen LogP contribution in [0.3, 0.4) is 0 Å². The molecule has 0 spiro atoms. The number of hydrogen-bond acceptors (Lipinski definition) is 5. The summed E-state index contributed by atoms with van der Waals surface area (Å²) >= 11 is 1.69. The number of piperazine rings is 1. The van der Waals surface area contributed by atoms with E-state index in [4.69, 9.17) is 0 Å². The van der Waals surface area contributed by atoms with Gasteiger partial charge >= 0.3 is 0 Å². The second-order valence-corrected chi connectivity index (χ2v) is 8.76. The van der Waals surface area contributed by atoms with Gasteiger partial charge in [0.05, 0.1) is 33.7 Å². The number of anilines is 1. The standard InChI is InChI=1S/C22H23FN4OS/c23-18-12-24-8-7-20(18)26-9-10-27-17(13-26)11-16(22(27)28)5-1-3-15-4-2-6-19-21(15)29-14-25-19/h2,4,6-8,12,14,16-17H,1,3,5,9-11,13H2/t16-,17?/m0/s1. The molecule has 2 aliphatic rings. The maximum atomic E-state index is 14.1. The Balaban J connectivity index is 1.21. The molecule has 1 aromatic carbocycles. The Hall–Kier alpha value is -2.54. The van der Waals surface area contributed by atoms with Gasteiger partial charge in [-0.3, -0.25) is 9.78 Å². The molecule has 1 amide bonds. The lowest BCUT2D eigenvalue weighted by atomic mass is 9.96. The normalized spacial score (nSPS) is 21.8. The maximum Gasteiger partial charge on any atom is 0.226 e. The smallest absolute Gasteiger partial charge is 0.226 e. The van der Waals surface area contributed by atoms with Crippen molar-refractivity contribution in [3.05, 3.63) is 53.6 Å². The number of halogens is 1. The predicted molar refractivity (Wildman–Crippen MR) is 113 cm³/mol. The van der Waals surface area contributed by atoms with Crippen LogP contribution in [-0.2, 0) is 11.2 Å². The van der Waals surface area contributed by atoms with Crippen LogP contribution in [-0.4, -0.2) is 46.5 Å². The average molecular weight is 411 g/mol. The van der Waals surface area contributed by atoms with Crippen molar-refractivity contribution in [3.8, 4) is 0 Å². The van der Waals surface area contributed by atoms with Gasteiger partial charge < -0.3 is 9.80 Å². The summed E-state index contributed by atoms with van der Waals surface area (Å²) in [5, 5.41) is 0. The molecule has 150 valence electrons. The summed E-state index contributed by atoms with van der Waals surface area (Å²) in [6.45, 7) is 2.04. The largest absolute Gasteiger partial charge is 0.365 e. The number of aromatic nitrogens is 2. The number of aryl methyl sites for hydroxylation is 1. The Morgan fingerprint density at radius 2 is 2.17 bits per heavy atom. The summed E-state index contributed by atoms with van der Waals surface area (Å²) in [5.74, 6) is 0.0721. The zero-order valence-corrected chi connectivity index (χ0v) is 16.9. The van der Waals surface area contributed by atoms with Crippen molar-refractivity contribution < 1.29 is 9.18 Å². The van der Waals surface area contributed by atoms with E-state index in [2.05, 4.69) is 27.0 Å². The van der Waals surface area contributed by atoms with E-state index in [1.165, 1.54) is 16.5 Å². The molecule has 1 unspecified atom stereocenters. The fourth-order valence-corrected chi connectivity index (χ4v) is 5.61. The summed E-state index contributed by atoms with van der Waals surface area (Å²) in [6, 6.07) is 8.18. The lowest BCUT2D eigenvalue weighted by Gasteiger charge is -2.38. The molecule has 2 saturated heterocycles. The number of fused-ring (bicyclic) bond motifs is 2. The highest BCUT2D eigenvalue weighted by molar-refractivity contribution is 7.16. The number of benzene rings is 1. The first-order chi connectivity index (χ1) is 14.2. The van der Waals surface area contributed by atoms with Gasteiger partial charge in [0, 0.05) is 31.7 Å². The Morgan fingerprint density at radius 3 is 3.07 bits per heavy atom. The summed E-state index contributed by atoms with van der Waals surface area (Å²) < 4.78 is 15.4. The van der Waals surface area contributed by atoms with Crippen LogP contribution in [0.25, 0.3) is 10.2 Å². The highest BCUT2D eigenvalue weighted by Gasteiger charge is 2.42. The summed E-state index contributed by atoms with van der Waals surface area (Å²) in [5.41, 5.74) is 4.87. The van der Waals surface area contributed by atoms with Crippen LogP contribution >= 0.6 is 11.3 Å². The minimum Gasteiger partial charge on any atom is -0.365 e. The van der Waals surface area contributed by atoms with Crippen LogP contribution in [0.5, 0.6) is 0 Å². The van der Waals surface area contributed by atoms with Gasteiger partial charge in [0.25, 0.3) is 0 Å². The fourth-order valence-electron chi connectivity index (χ4n) is 4.78. The minimum atomic E-state index is -0.293. The number of pyridine rings is 1. The first kappa shape index (κ1) is 18.5. The van der Waals surface area contributed by atoms with E-state index in [1.807, 2.05) is 16.5 Å². The van der Waals surface area contributed by atoms with Crippen molar-refractivity contribution in [1.82, 2.24) is 14.9 Å². The lowest BCUT2D eigenvalue weighted by Crippen LogP contribution is -2.51. The van der Waals surface area contributed by atoms with Gasteiger partial charge in [-0.15, -0.1) is 11.3 Å². The number of nitrogens with zero attached hydrogens (tertiary/aromatic N) is 4. The maximum absolute atomic E-state index is 14.1. The molecule has 5 nitrogen and oxygen atoms in total. The van der Waals surface area contributed by atoms with Crippen molar-refractivity contribution in [1.29, 1.82) is 0 Å². The van der Waals surface area contributed by atoms with E-state index < -0.39 is 0 Å². The van der Waals surface area contributed by atoms with E-state index in [1.54, 1.807) is 23.6 Å². The Labute approximate surface area is 173 Å². The molecule has 2 aliphatic heterocycles. The third-order valence-electron chi connectivity index (χ3n) is 6.20. The van der Waals surface area contributed by atoms with E-state index >= 15 is 0 Å². The van der Waals surface area contributed by atoms with Gasteiger partial charge in [-0.1, -0.05) is 12.1 Å².